The summed E-state index contributed by atoms with van der Waals surface area (Å²) in [5.41, 5.74) is 0.333. The lowest BCUT2D eigenvalue weighted by Gasteiger charge is -2.26. The van der Waals surface area contributed by atoms with E-state index < -0.39 is 11.8 Å². The fraction of sp³-hybridized carbons (Fsp3) is 0.400. The summed E-state index contributed by atoms with van der Waals surface area (Å²) in [5.74, 6) is -0.768. The van der Waals surface area contributed by atoms with Gasteiger partial charge in [-0.25, -0.2) is 4.79 Å². The molecule has 2 aromatic carbocycles. The lowest BCUT2D eigenvalue weighted by atomic mass is 10.0. The maximum atomic E-state index is 12.3. The molecule has 3 rings (SSSR count). The minimum Gasteiger partial charge on any atom is -0.492 e. The van der Waals surface area contributed by atoms with Crippen LogP contribution in [0.1, 0.15) is 17.3 Å². The largest absolute Gasteiger partial charge is 0.492 e. The molecular formula is C20H23NO5. The molecular weight excluding hydrogens is 334 g/mol. The second-order valence-electron chi connectivity index (χ2n) is 6.01. The van der Waals surface area contributed by atoms with Gasteiger partial charge in [0.1, 0.15) is 12.4 Å². The summed E-state index contributed by atoms with van der Waals surface area (Å²) in [6, 6.07) is 10.8. The molecule has 1 fully saturated rings. The molecule has 1 aliphatic rings. The lowest BCUT2D eigenvalue weighted by Crippen LogP contribution is -2.38. The average molecular weight is 357 g/mol. The zero-order valence-corrected chi connectivity index (χ0v) is 14.9. The van der Waals surface area contributed by atoms with Crippen molar-refractivity contribution in [3.05, 3.63) is 42.0 Å². The number of rotatable bonds is 7. The van der Waals surface area contributed by atoms with Gasteiger partial charge < -0.3 is 14.2 Å². The summed E-state index contributed by atoms with van der Waals surface area (Å²) in [4.78, 5) is 26.4. The van der Waals surface area contributed by atoms with Crippen LogP contribution in [-0.2, 0) is 14.3 Å². The number of esters is 1. The van der Waals surface area contributed by atoms with E-state index in [9.17, 15) is 9.59 Å². The van der Waals surface area contributed by atoms with E-state index in [4.69, 9.17) is 14.2 Å². The third-order valence-corrected chi connectivity index (χ3v) is 4.36. The highest BCUT2D eigenvalue weighted by Crippen LogP contribution is 2.29. The monoisotopic (exact) mass is 357 g/mol. The van der Waals surface area contributed by atoms with Gasteiger partial charge >= 0.3 is 5.97 Å². The molecule has 0 aliphatic carbocycles. The van der Waals surface area contributed by atoms with Crippen LogP contribution >= 0.6 is 0 Å². The van der Waals surface area contributed by atoms with Gasteiger partial charge in [-0.3, -0.25) is 9.69 Å². The van der Waals surface area contributed by atoms with E-state index in [2.05, 4.69) is 4.90 Å². The Morgan fingerprint density at radius 2 is 1.81 bits per heavy atom. The number of nitrogens with zero attached hydrogens (tertiary/aromatic N) is 1. The highest BCUT2D eigenvalue weighted by atomic mass is 16.5. The molecule has 0 N–H and O–H groups in total. The van der Waals surface area contributed by atoms with Crippen molar-refractivity contribution < 1.29 is 23.8 Å². The molecule has 1 heterocycles. The molecule has 6 nitrogen and oxygen atoms in total. The molecule has 1 saturated heterocycles. The molecule has 138 valence electrons. The van der Waals surface area contributed by atoms with Crippen molar-refractivity contribution in [1.29, 1.82) is 0 Å². The third kappa shape index (κ3) is 4.20. The molecule has 0 bridgehead atoms. The van der Waals surface area contributed by atoms with Crippen molar-refractivity contribution in [3.8, 4) is 5.75 Å². The molecule has 0 unspecified atom stereocenters. The van der Waals surface area contributed by atoms with Crippen molar-refractivity contribution in [2.24, 2.45) is 0 Å². The van der Waals surface area contributed by atoms with Gasteiger partial charge in [-0.1, -0.05) is 24.3 Å². The van der Waals surface area contributed by atoms with Crippen molar-refractivity contribution >= 4 is 22.5 Å². The summed E-state index contributed by atoms with van der Waals surface area (Å²) in [7, 11) is 0. The van der Waals surface area contributed by atoms with Crippen molar-refractivity contribution in [2.45, 2.75) is 6.92 Å². The fourth-order valence-electron chi connectivity index (χ4n) is 3.01. The van der Waals surface area contributed by atoms with E-state index in [0.717, 1.165) is 38.2 Å². The number of carbonyl (C=O) groups is 2. The Bertz CT molecular complexity index is 783. The van der Waals surface area contributed by atoms with Crippen LogP contribution in [0.5, 0.6) is 5.75 Å². The molecule has 0 saturated carbocycles. The summed E-state index contributed by atoms with van der Waals surface area (Å²) < 4.78 is 16.1. The van der Waals surface area contributed by atoms with Crippen LogP contribution < -0.4 is 4.74 Å². The van der Waals surface area contributed by atoms with Gasteiger partial charge in [0, 0.05) is 30.6 Å². The average Bonchev–Trinajstić information content (AvgIpc) is 2.68. The molecule has 0 radical (unpaired) electrons. The van der Waals surface area contributed by atoms with Crippen LogP contribution in [0, 0.1) is 0 Å². The topological polar surface area (TPSA) is 65.1 Å². The first-order chi connectivity index (χ1) is 12.7. The maximum absolute atomic E-state index is 12.3. The Balaban J connectivity index is 1.76. The van der Waals surface area contributed by atoms with Crippen molar-refractivity contribution in [2.75, 3.05) is 46.1 Å². The second kappa shape index (κ2) is 8.78. The van der Waals surface area contributed by atoms with Crippen molar-refractivity contribution in [3.63, 3.8) is 0 Å². The Morgan fingerprint density at radius 1 is 1.08 bits per heavy atom. The standard InChI is InChI=1S/C20H23NO5/c1-2-25-20(23)19(22)17-7-8-18(16-6-4-3-5-15(16)17)26-14-11-21-9-12-24-13-10-21/h3-8H,2,9-14H2,1H3. The molecule has 1 aliphatic heterocycles. The van der Waals surface area contributed by atoms with Gasteiger partial charge in [0.05, 0.1) is 19.8 Å². The van der Waals surface area contributed by atoms with E-state index in [1.165, 1.54) is 0 Å². The van der Waals surface area contributed by atoms with E-state index in [-0.39, 0.29) is 6.61 Å². The number of morpholine rings is 1. The first-order valence-electron chi connectivity index (χ1n) is 8.87. The SMILES string of the molecule is CCOC(=O)C(=O)c1ccc(OCCN2CCOCC2)c2ccccc12. The summed E-state index contributed by atoms with van der Waals surface area (Å²) >= 11 is 0. The number of hydrogen-bond acceptors (Lipinski definition) is 6. The van der Waals surface area contributed by atoms with Crippen LogP contribution in [0.4, 0.5) is 0 Å². The van der Waals surface area contributed by atoms with Crippen LogP contribution in [0.2, 0.25) is 0 Å². The van der Waals surface area contributed by atoms with E-state index in [0.29, 0.717) is 23.3 Å². The Labute approximate surface area is 152 Å². The molecule has 2 aromatic rings. The smallest absolute Gasteiger partial charge is 0.379 e. The number of carbonyl (C=O) groups excluding carboxylic acids is 2. The molecule has 26 heavy (non-hydrogen) atoms. The van der Waals surface area contributed by atoms with Crippen LogP contribution in [-0.4, -0.2) is 62.7 Å². The molecule has 6 heteroatoms. The van der Waals surface area contributed by atoms with Crippen molar-refractivity contribution in [1.82, 2.24) is 4.90 Å². The number of Topliss-reactive ketones (excluding diaryl/α,β-unsaturated/α-hetero) is 1. The van der Waals surface area contributed by atoms with Crippen LogP contribution in [0.25, 0.3) is 10.8 Å². The summed E-state index contributed by atoms with van der Waals surface area (Å²) in [6.07, 6.45) is 0. The van der Waals surface area contributed by atoms with E-state index >= 15 is 0 Å². The first-order valence-corrected chi connectivity index (χ1v) is 8.87. The number of ether oxygens (including phenoxy) is 3. The summed E-state index contributed by atoms with van der Waals surface area (Å²) in [5, 5.41) is 1.50. The Morgan fingerprint density at radius 3 is 2.54 bits per heavy atom. The maximum Gasteiger partial charge on any atom is 0.379 e. The number of ketones is 1. The first kappa shape index (κ1) is 18.4. The number of fused-ring (bicyclic) bond motifs is 1. The minimum atomic E-state index is -0.835. The van der Waals surface area contributed by atoms with Gasteiger partial charge in [0.25, 0.3) is 5.78 Å². The quantitative estimate of drug-likeness (QED) is 0.430. The van der Waals surface area contributed by atoms with E-state index in [1.807, 2.05) is 24.3 Å². The summed E-state index contributed by atoms with van der Waals surface area (Å²) in [6.45, 7) is 6.56. The highest BCUT2D eigenvalue weighted by Gasteiger charge is 2.21. The van der Waals surface area contributed by atoms with Crippen LogP contribution in [0.15, 0.2) is 36.4 Å². The highest BCUT2D eigenvalue weighted by molar-refractivity contribution is 6.43. The Hall–Kier alpha value is -2.44. The van der Waals surface area contributed by atoms with Gasteiger partial charge in [-0.2, -0.15) is 0 Å². The molecule has 0 amide bonds. The second-order valence-corrected chi connectivity index (χ2v) is 6.01. The fourth-order valence-corrected chi connectivity index (χ4v) is 3.01. The number of hydrogen-bond donors (Lipinski definition) is 0. The van der Waals surface area contributed by atoms with Gasteiger partial charge in [0.2, 0.25) is 0 Å². The predicted octanol–water partition coefficient (Wildman–Crippen LogP) is 2.30. The zero-order valence-electron chi connectivity index (χ0n) is 14.9. The molecule has 0 atom stereocenters. The van der Waals surface area contributed by atoms with Gasteiger partial charge in [-0.05, 0) is 24.4 Å². The molecule has 0 spiro atoms. The Kier molecular flexibility index (Phi) is 6.20. The minimum absolute atomic E-state index is 0.172. The van der Waals surface area contributed by atoms with Gasteiger partial charge in [-0.15, -0.1) is 0 Å². The van der Waals surface area contributed by atoms with Gasteiger partial charge in [0.15, 0.2) is 0 Å². The normalized spacial score (nSPS) is 15.0. The number of benzene rings is 2. The van der Waals surface area contributed by atoms with Crippen LogP contribution in [0.3, 0.4) is 0 Å². The lowest BCUT2D eigenvalue weighted by molar-refractivity contribution is -0.137. The predicted molar refractivity (Wildman–Crippen MR) is 97.7 cm³/mol. The zero-order chi connectivity index (χ0) is 18.4. The third-order valence-electron chi connectivity index (χ3n) is 4.36. The van der Waals surface area contributed by atoms with E-state index in [1.54, 1.807) is 19.1 Å². The molecule has 0 aromatic heterocycles.